The predicted octanol–water partition coefficient (Wildman–Crippen LogP) is 1.04. The average molecular weight is 266 g/mol. The summed E-state index contributed by atoms with van der Waals surface area (Å²) in [6.07, 6.45) is 0.121. The van der Waals surface area contributed by atoms with Gasteiger partial charge in [0, 0.05) is 25.7 Å². The van der Waals surface area contributed by atoms with E-state index in [1.165, 1.54) is 6.07 Å². The van der Waals surface area contributed by atoms with E-state index in [-0.39, 0.29) is 11.8 Å². The fourth-order valence-electron chi connectivity index (χ4n) is 2.05. The number of nitrogens with zero attached hydrogens (tertiary/aromatic N) is 3. The molecule has 0 aromatic carbocycles. The molecule has 1 fully saturated rings. The van der Waals surface area contributed by atoms with Gasteiger partial charge < -0.3 is 15.0 Å². The van der Waals surface area contributed by atoms with Crippen LogP contribution in [-0.4, -0.2) is 54.2 Å². The smallest absolute Gasteiger partial charge is 0.290 e. The van der Waals surface area contributed by atoms with E-state index in [0.29, 0.717) is 18.1 Å². The minimum Gasteiger partial charge on any atom is -0.374 e. The number of rotatable bonds is 4. The van der Waals surface area contributed by atoms with E-state index in [4.69, 9.17) is 4.74 Å². The van der Waals surface area contributed by atoms with E-state index >= 15 is 0 Å². The number of aryl methyl sites for hydroxylation is 1. The summed E-state index contributed by atoms with van der Waals surface area (Å²) < 4.78 is 5.62. The summed E-state index contributed by atoms with van der Waals surface area (Å²) in [7, 11) is 2.06. The van der Waals surface area contributed by atoms with Crippen molar-refractivity contribution in [1.82, 2.24) is 9.88 Å². The van der Waals surface area contributed by atoms with E-state index in [1.54, 1.807) is 13.0 Å². The highest BCUT2D eigenvalue weighted by atomic mass is 16.6. The van der Waals surface area contributed by atoms with Crippen LogP contribution in [0.25, 0.3) is 0 Å². The summed E-state index contributed by atoms with van der Waals surface area (Å²) in [6, 6.07) is 3.09. The van der Waals surface area contributed by atoms with Crippen LogP contribution in [0.15, 0.2) is 12.1 Å². The highest BCUT2D eigenvalue weighted by Crippen LogP contribution is 2.17. The number of morpholine rings is 1. The summed E-state index contributed by atoms with van der Waals surface area (Å²) in [4.78, 5) is 16.7. The zero-order valence-electron chi connectivity index (χ0n) is 11.1. The molecular formula is C12H18N4O3. The van der Waals surface area contributed by atoms with Gasteiger partial charge in [-0.3, -0.25) is 10.1 Å². The van der Waals surface area contributed by atoms with Crippen LogP contribution in [-0.2, 0) is 4.74 Å². The first-order valence-corrected chi connectivity index (χ1v) is 6.22. The lowest BCUT2D eigenvalue weighted by Crippen LogP contribution is -2.43. The Kier molecular flexibility index (Phi) is 4.28. The number of aromatic nitrogens is 1. The number of anilines is 1. The molecule has 1 aromatic heterocycles. The van der Waals surface area contributed by atoms with Gasteiger partial charge in [0.25, 0.3) is 5.69 Å². The highest BCUT2D eigenvalue weighted by molar-refractivity contribution is 5.44. The van der Waals surface area contributed by atoms with Crippen molar-refractivity contribution in [2.24, 2.45) is 0 Å². The van der Waals surface area contributed by atoms with E-state index in [9.17, 15) is 10.1 Å². The van der Waals surface area contributed by atoms with Crippen LogP contribution in [0.4, 0.5) is 11.5 Å². The Morgan fingerprint density at radius 3 is 3.05 bits per heavy atom. The van der Waals surface area contributed by atoms with E-state index in [2.05, 4.69) is 22.2 Å². The molecule has 7 nitrogen and oxygen atoms in total. The highest BCUT2D eigenvalue weighted by Gasteiger charge is 2.18. The van der Waals surface area contributed by atoms with Crippen LogP contribution in [0.1, 0.15) is 5.69 Å². The van der Waals surface area contributed by atoms with E-state index < -0.39 is 4.92 Å². The van der Waals surface area contributed by atoms with Gasteiger partial charge in [-0.1, -0.05) is 0 Å². The summed E-state index contributed by atoms with van der Waals surface area (Å²) in [5, 5.41) is 13.9. The number of hydrogen-bond acceptors (Lipinski definition) is 6. The minimum atomic E-state index is -0.425. The Hall–Kier alpha value is -1.73. The molecule has 1 N–H and O–H groups in total. The molecule has 0 spiro atoms. The molecule has 19 heavy (non-hydrogen) atoms. The topological polar surface area (TPSA) is 80.5 Å². The molecule has 0 amide bonds. The van der Waals surface area contributed by atoms with Crippen LogP contribution < -0.4 is 5.32 Å². The second kappa shape index (κ2) is 5.94. The lowest BCUT2D eigenvalue weighted by atomic mass is 10.2. The molecular weight excluding hydrogens is 248 g/mol. The van der Waals surface area contributed by atoms with Crippen molar-refractivity contribution in [1.29, 1.82) is 0 Å². The van der Waals surface area contributed by atoms with Crippen molar-refractivity contribution in [2.75, 3.05) is 38.6 Å². The molecule has 0 radical (unpaired) electrons. The van der Waals surface area contributed by atoms with Gasteiger partial charge in [0.15, 0.2) is 0 Å². The second-order valence-electron chi connectivity index (χ2n) is 4.69. The Bertz CT molecular complexity index is 466. The lowest BCUT2D eigenvalue weighted by Gasteiger charge is -2.30. The maximum Gasteiger partial charge on any atom is 0.290 e. The Labute approximate surface area is 111 Å². The molecule has 0 aliphatic carbocycles. The zero-order chi connectivity index (χ0) is 13.8. The Balaban J connectivity index is 1.92. The van der Waals surface area contributed by atoms with Gasteiger partial charge >= 0.3 is 0 Å². The minimum absolute atomic E-state index is 0.0409. The molecule has 2 heterocycles. The van der Waals surface area contributed by atoms with Crippen molar-refractivity contribution < 1.29 is 9.66 Å². The molecule has 1 unspecified atom stereocenters. The van der Waals surface area contributed by atoms with Gasteiger partial charge in [-0.25, -0.2) is 4.98 Å². The third-order valence-electron chi connectivity index (χ3n) is 3.11. The first kappa shape index (κ1) is 13.7. The number of pyridine rings is 1. The molecule has 2 rings (SSSR count). The molecule has 1 aliphatic heterocycles. The van der Waals surface area contributed by atoms with Crippen LogP contribution in [0, 0.1) is 17.0 Å². The maximum absolute atomic E-state index is 10.7. The Morgan fingerprint density at radius 2 is 2.42 bits per heavy atom. The summed E-state index contributed by atoms with van der Waals surface area (Å²) in [5.41, 5.74) is 0.455. The normalized spacial score (nSPS) is 20.2. The molecule has 1 aliphatic rings. The first-order chi connectivity index (χ1) is 9.06. The van der Waals surface area contributed by atoms with Crippen molar-refractivity contribution in [3.63, 3.8) is 0 Å². The van der Waals surface area contributed by atoms with E-state index in [0.717, 1.165) is 19.7 Å². The number of nitrogens with one attached hydrogen (secondary N) is 1. The monoisotopic (exact) mass is 266 g/mol. The van der Waals surface area contributed by atoms with Gasteiger partial charge in [-0.2, -0.15) is 0 Å². The largest absolute Gasteiger partial charge is 0.374 e. The molecule has 0 saturated carbocycles. The average Bonchev–Trinajstić information content (AvgIpc) is 2.36. The standard InChI is InChI=1S/C12H18N4O3/c1-9-11(16(17)18)3-4-12(14-9)13-7-10-8-15(2)5-6-19-10/h3-4,10H,5-8H2,1-2H3,(H,13,14). The fraction of sp³-hybridized carbons (Fsp3) is 0.583. The second-order valence-corrected chi connectivity index (χ2v) is 4.69. The van der Waals surface area contributed by atoms with Crippen LogP contribution in [0.2, 0.25) is 0 Å². The molecule has 1 saturated heterocycles. The van der Waals surface area contributed by atoms with E-state index in [1.807, 2.05) is 0 Å². The number of likely N-dealkylation sites (N-methyl/N-ethyl adjacent to an activating group) is 1. The van der Waals surface area contributed by atoms with Gasteiger partial charge in [-0.15, -0.1) is 0 Å². The van der Waals surface area contributed by atoms with Crippen LogP contribution in [0.3, 0.4) is 0 Å². The van der Waals surface area contributed by atoms with Gasteiger partial charge in [0.1, 0.15) is 11.5 Å². The fourth-order valence-corrected chi connectivity index (χ4v) is 2.05. The number of hydrogen-bond donors (Lipinski definition) is 1. The third-order valence-corrected chi connectivity index (χ3v) is 3.11. The van der Waals surface area contributed by atoms with Gasteiger partial charge in [-0.05, 0) is 20.0 Å². The zero-order valence-corrected chi connectivity index (χ0v) is 11.1. The molecule has 1 aromatic rings. The van der Waals surface area contributed by atoms with Gasteiger partial charge in [0.2, 0.25) is 0 Å². The number of ether oxygens (including phenoxy) is 1. The maximum atomic E-state index is 10.7. The predicted molar refractivity (Wildman–Crippen MR) is 71.4 cm³/mol. The number of nitro groups is 1. The SMILES string of the molecule is Cc1nc(NCC2CN(C)CCO2)ccc1[N+](=O)[O-]. The quantitative estimate of drug-likeness (QED) is 0.648. The molecule has 0 bridgehead atoms. The van der Waals surface area contributed by atoms with Crippen molar-refractivity contribution in [3.8, 4) is 0 Å². The summed E-state index contributed by atoms with van der Waals surface area (Å²) >= 11 is 0. The Morgan fingerprint density at radius 1 is 1.63 bits per heavy atom. The van der Waals surface area contributed by atoms with Gasteiger partial charge in [0.05, 0.1) is 17.6 Å². The van der Waals surface area contributed by atoms with Crippen LogP contribution >= 0.6 is 0 Å². The molecule has 1 atom stereocenters. The summed E-state index contributed by atoms with van der Waals surface area (Å²) in [6.45, 7) is 4.84. The third kappa shape index (κ3) is 3.62. The van der Waals surface area contributed by atoms with Crippen molar-refractivity contribution in [3.05, 3.63) is 27.9 Å². The molecule has 7 heteroatoms. The van der Waals surface area contributed by atoms with Crippen molar-refractivity contribution >= 4 is 11.5 Å². The molecule has 104 valence electrons. The first-order valence-electron chi connectivity index (χ1n) is 6.22. The van der Waals surface area contributed by atoms with Crippen molar-refractivity contribution in [2.45, 2.75) is 13.0 Å². The summed E-state index contributed by atoms with van der Waals surface area (Å²) in [5.74, 6) is 0.639. The van der Waals surface area contributed by atoms with Crippen LogP contribution in [0.5, 0.6) is 0 Å². The lowest BCUT2D eigenvalue weighted by molar-refractivity contribution is -0.385.